The molecule has 0 amide bonds. The molecule has 2 aromatic rings. The lowest BCUT2D eigenvalue weighted by molar-refractivity contribution is 0.503. The third-order valence-corrected chi connectivity index (χ3v) is 5.04. The van der Waals surface area contributed by atoms with Crippen LogP contribution in [-0.4, -0.2) is 0 Å². The number of benzene rings is 2. The monoisotopic (exact) mass is 364 g/mol. The maximum absolute atomic E-state index is 3.69. The molecule has 0 saturated carbocycles. The van der Waals surface area contributed by atoms with Gasteiger partial charge in [-0.25, -0.2) is 0 Å². The first-order valence-corrected chi connectivity index (χ1v) is 7.69. The Kier molecular flexibility index (Phi) is 3.11. The Labute approximate surface area is 125 Å². The predicted molar refractivity (Wildman–Crippen MR) is 83.0 cm³/mol. The lowest BCUT2D eigenvalue weighted by Crippen LogP contribution is -2.22. The van der Waals surface area contributed by atoms with Gasteiger partial charge in [0, 0.05) is 14.4 Å². The number of halogens is 2. The zero-order valence-corrected chi connectivity index (χ0v) is 13.4. The lowest BCUT2D eigenvalue weighted by atomic mass is 9.80. The highest BCUT2D eigenvalue weighted by Gasteiger charge is 2.35. The van der Waals surface area contributed by atoms with Crippen molar-refractivity contribution in [1.82, 2.24) is 0 Å². The quantitative estimate of drug-likeness (QED) is 0.645. The smallest absolute Gasteiger partial charge is 0.0221 e. The van der Waals surface area contributed by atoms with Crippen LogP contribution >= 0.6 is 31.9 Å². The lowest BCUT2D eigenvalue weighted by Gasteiger charge is -2.24. The second-order valence-corrected chi connectivity index (χ2v) is 7.08. The van der Waals surface area contributed by atoms with E-state index in [-0.39, 0.29) is 5.41 Å². The van der Waals surface area contributed by atoms with Gasteiger partial charge in [0.1, 0.15) is 0 Å². The number of hydrogen-bond donors (Lipinski definition) is 0. The zero-order valence-electron chi connectivity index (χ0n) is 10.2. The molecule has 2 aromatic carbocycles. The molecule has 1 unspecified atom stereocenters. The van der Waals surface area contributed by atoms with Crippen molar-refractivity contribution in [1.29, 1.82) is 0 Å². The molecule has 1 aliphatic rings. The van der Waals surface area contributed by atoms with Crippen LogP contribution < -0.4 is 0 Å². The van der Waals surface area contributed by atoms with Crippen molar-refractivity contribution in [2.24, 2.45) is 0 Å². The Morgan fingerprint density at radius 2 is 1.72 bits per heavy atom. The van der Waals surface area contributed by atoms with E-state index in [9.17, 15) is 0 Å². The van der Waals surface area contributed by atoms with Crippen LogP contribution in [0.2, 0.25) is 0 Å². The summed E-state index contributed by atoms with van der Waals surface area (Å²) in [5.41, 5.74) is 4.59. The summed E-state index contributed by atoms with van der Waals surface area (Å²) in [6.07, 6.45) is 2.23. The molecule has 0 radical (unpaired) electrons. The second-order valence-electron chi connectivity index (χ2n) is 5.31. The van der Waals surface area contributed by atoms with E-state index in [0.29, 0.717) is 0 Å². The number of rotatable bonds is 1. The minimum Gasteiger partial charge on any atom is -0.0622 e. The van der Waals surface area contributed by atoms with Crippen LogP contribution in [0.4, 0.5) is 0 Å². The van der Waals surface area contributed by atoms with Crippen molar-refractivity contribution in [3.63, 3.8) is 0 Å². The van der Waals surface area contributed by atoms with Crippen LogP contribution in [0, 0.1) is 0 Å². The molecule has 1 atom stereocenters. The zero-order chi connectivity index (χ0) is 12.8. The molecule has 1 aliphatic carbocycles. The molecule has 0 nitrogen and oxygen atoms in total. The Morgan fingerprint density at radius 1 is 1.00 bits per heavy atom. The fourth-order valence-corrected chi connectivity index (χ4v) is 4.38. The first-order valence-electron chi connectivity index (χ1n) is 6.11. The Bertz CT molecular complexity index is 590. The number of fused-ring (bicyclic) bond motifs is 1. The van der Waals surface area contributed by atoms with Gasteiger partial charge in [-0.05, 0) is 41.7 Å². The predicted octanol–water partition coefficient (Wildman–Crippen LogP) is 5.27. The van der Waals surface area contributed by atoms with Gasteiger partial charge in [-0.1, -0.05) is 69.1 Å². The van der Waals surface area contributed by atoms with E-state index in [1.54, 1.807) is 0 Å². The average Bonchev–Trinajstić information content (AvgIpc) is 2.69. The normalized spacial score (nSPS) is 21.9. The van der Waals surface area contributed by atoms with Gasteiger partial charge in [-0.2, -0.15) is 0 Å². The molecule has 0 aromatic heterocycles. The molecule has 0 heterocycles. The van der Waals surface area contributed by atoms with Crippen LogP contribution in [0.25, 0.3) is 0 Å². The fourth-order valence-electron chi connectivity index (χ4n) is 2.93. The highest BCUT2D eigenvalue weighted by molar-refractivity contribution is 9.11. The van der Waals surface area contributed by atoms with E-state index in [2.05, 4.69) is 81.2 Å². The van der Waals surface area contributed by atoms with Crippen LogP contribution in [0.3, 0.4) is 0 Å². The van der Waals surface area contributed by atoms with Crippen molar-refractivity contribution in [3.05, 3.63) is 68.1 Å². The summed E-state index contributed by atoms with van der Waals surface area (Å²) < 4.78 is 2.39. The summed E-state index contributed by atoms with van der Waals surface area (Å²) in [4.78, 5) is 0. The summed E-state index contributed by atoms with van der Waals surface area (Å²) in [5, 5.41) is 0. The second kappa shape index (κ2) is 4.50. The highest BCUT2D eigenvalue weighted by atomic mass is 79.9. The Hall–Kier alpha value is -0.600. The molecule has 0 spiro atoms. The van der Waals surface area contributed by atoms with E-state index < -0.39 is 0 Å². The summed E-state index contributed by atoms with van der Waals surface area (Å²) >= 11 is 7.27. The Balaban J connectivity index is 2.05. The van der Waals surface area contributed by atoms with Crippen molar-refractivity contribution in [2.75, 3.05) is 0 Å². The van der Waals surface area contributed by atoms with Crippen LogP contribution in [0.5, 0.6) is 0 Å². The molecule has 92 valence electrons. The average molecular weight is 366 g/mol. The first kappa shape index (κ1) is 12.4. The molecular weight excluding hydrogens is 352 g/mol. The van der Waals surface area contributed by atoms with Gasteiger partial charge in [0.05, 0.1) is 0 Å². The molecule has 0 fully saturated rings. The molecule has 2 heteroatoms. The molecular formula is C16H14Br2. The molecule has 0 bridgehead atoms. The largest absolute Gasteiger partial charge is 0.0622 e. The molecule has 0 aliphatic heterocycles. The third kappa shape index (κ3) is 2.06. The minimum atomic E-state index is 0.229. The molecule has 18 heavy (non-hydrogen) atoms. The topological polar surface area (TPSA) is 0 Å². The van der Waals surface area contributed by atoms with Gasteiger partial charge in [-0.3, -0.25) is 0 Å². The summed E-state index contributed by atoms with van der Waals surface area (Å²) in [6, 6.07) is 15.2. The fraction of sp³-hybridized carbons (Fsp3) is 0.250. The SMILES string of the molecule is CC1(c2ccccc2)Cc2cc(Br)cc(Br)c2C1. The van der Waals surface area contributed by atoms with Gasteiger partial charge < -0.3 is 0 Å². The maximum Gasteiger partial charge on any atom is 0.0221 e. The molecule has 0 saturated heterocycles. The van der Waals surface area contributed by atoms with Crippen molar-refractivity contribution >= 4 is 31.9 Å². The molecule has 3 rings (SSSR count). The van der Waals surface area contributed by atoms with Crippen LogP contribution in [0.15, 0.2) is 51.4 Å². The number of hydrogen-bond acceptors (Lipinski definition) is 0. The Morgan fingerprint density at radius 3 is 2.44 bits per heavy atom. The first-order chi connectivity index (χ1) is 8.58. The standard InChI is InChI=1S/C16H14Br2/c1-16(12-5-3-2-4-6-12)9-11-7-13(17)8-15(18)14(11)10-16/h2-8H,9-10H2,1H3. The van der Waals surface area contributed by atoms with E-state index in [0.717, 1.165) is 17.3 Å². The van der Waals surface area contributed by atoms with E-state index in [1.165, 1.54) is 21.2 Å². The third-order valence-electron chi connectivity index (χ3n) is 3.87. The maximum atomic E-state index is 3.69. The van der Waals surface area contributed by atoms with E-state index in [4.69, 9.17) is 0 Å². The molecule has 0 N–H and O–H groups in total. The van der Waals surface area contributed by atoms with Gasteiger partial charge in [0.15, 0.2) is 0 Å². The highest BCUT2D eigenvalue weighted by Crippen LogP contribution is 2.43. The van der Waals surface area contributed by atoms with Gasteiger partial charge in [0.2, 0.25) is 0 Å². The summed E-state index contributed by atoms with van der Waals surface area (Å²) in [5.74, 6) is 0. The van der Waals surface area contributed by atoms with Crippen LogP contribution in [0.1, 0.15) is 23.6 Å². The van der Waals surface area contributed by atoms with Gasteiger partial charge in [-0.15, -0.1) is 0 Å². The minimum absolute atomic E-state index is 0.229. The van der Waals surface area contributed by atoms with E-state index in [1.807, 2.05) is 0 Å². The summed E-state index contributed by atoms with van der Waals surface area (Å²) in [7, 11) is 0. The van der Waals surface area contributed by atoms with Crippen molar-refractivity contribution in [2.45, 2.75) is 25.2 Å². The van der Waals surface area contributed by atoms with Crippen molar-refractivity contribution in [3.8, 4) is 0 Å². The van der Waals surface area contributed by atoms with Crippen LogP contribution in [-0.2, 0) is 18.3 Å². The van der Waals surface area contributed by atoms with Gasteiger partial charge in [0.25, 0.3) is 0 Å². The summed E-state index contributed by atoms with van der Waals surface area (Å²) in [6.45, 7) is 2.36. The van der Waals surface area contributed by atoms with Gasteiger partial charge >= 0.3 is 0 Å². The van der Waals surface area contributed by atoms with E-state index >= 15 is 0 Å². The van der Waals surface area contributed by atoms with Crippen molar-refractivity contribution < 1.29 is 0 Å².